The average molecular weight is 230 g/mol. The Hall–Kier alpha value is -0.850. The van der Waals surface area contributed by atoms with Crippen molar-refractivity contribution in [3.05, 3.63) is 23.8 Å². The SMILES string of the molecule is CC1CCC2C(=O)C3CC=CC=C(C3)CC2C1. The van der Waals surface area contributed by atoms with Crippen molar-refractivity contribution >= 4 is 5.78 Å². The van der Waals surface area contributed by atoms with Gasteiger partial charge in [-0.25, -0.2) is 0 Å². The van der Waals surface area contributed by atoms with E-state index in [4.69, 9.17) is 0 Å². The molecule has 2 bridgehead atoms. The van der Waals surface area contributed by atoms with Crippen molar-refractivity contribution in [3.63, 3.8) is 0 Å². The van der Waals surface area contributed by atoms with Gasteiger partial charge in [0.25, 0.3) is 0 Å². The summed E-state index contributed by atoms with van der Waals surface area (Å²) < 4.78 is 0. The van der Waals surface area contributed by atoms with E-state index >= 15 is 0 Å². The first kappa shape index (κ1) is 11.3. The molecule has 0 radical (unpaired) electrons. The first-order valence-corrected chi connectivity index (χ1v) is 7.12. The second kappa shape index (κ2) is 4.44. The Balaban J connectivity index is 1.90. The highest BCUT2D eigenvalue weighted by atomic mass is 16.1. The van der Waals surface area contributed by atoms with Crippen LogP contribution >= 0.6 is 0 Å². The van der Waals surface area contributed by atoms with Gasteiger partial charge >= 0.3 is 0 Å². The van der Waals surface area contributed by atoms with E-state index in [-0.39, 0.29) is 0 Å². The van der Waals surface area contributed by atoms with Crippen LogP contribution in [0.3, 0.4) is 0 Å². The van der Waals surface area contributed by atoms with Crippen molar-refractivity contribution in [2.45, 2.75) is 45.4 Å². The van der Waals surface area contributed by atoms with Crippen LogP contribution in [0.2, 0.25) is 0 Å². The Morgan fingerprint density at radius 3 is 3.00 bits per heavy atom. The van der Waals surface area contributed by atoms with Gasteiger partial charge in [0.1, 0.15) is 5.78 Å². The van der Waals surface area contributed by atoms with Gasteiger partial charge in [0.2, 0.25) is 0 Å². The minimum Gasteiger partial charge on any atom is -0.299 e. The van der Waals surface area contributed by atoms with Crippen LogP contribution < -0.4 is 0 Å². The van der Waals surface area contributed by atoms with Gasteiger partial charge in [-0.2, -0.15) is 0 Å². The molecule has 0 spiro atoms. The summed E-state index contributed by atoms with van der Waals surface area (Å²) in [4.78, 5) is 12.6. The van der Waals surface area contributed by atoms with Gasteiger partial charge in [-0.1, -0.05) is 37.1 Å². The molecular formula is C16H22O. The van der Waals surface area contributed by atoms with Crippen LogP contribution in [0.1, 0.15) is 45.4 Å². The van der Waals surface area contributed by atoms with E-state index in [9.17, 15) is 4.79 Å². The lowest BCUT2D eigenvalue weighted by Crippen LogP contribution is -2.31. The number of Topliss-reactive ketones (excluding diaryl/α,β-unsaturated/α-hetero) is 1. The monoisotopic (exact) mass is 230 g/mol. The van der Waals surface area contributed by atoms with E-state index in [1.807, 2.05) is 0 Å². The van der Waals surface area contributed by atoms with Gasteiger partial charge in [0.05, 0.1) is 0 Å². The third kappa shape index (κ3) is 2.12. The molecule has 0 aromatic carbocycles. The van der Waals surface area contributed by atoms with Crippen LogP contribution in [0, 0.1) is 23.7 Å². The third-order valence-electron chi connectivity index (χ3n) is 4.93. The van der Waals surface area contributed by atoms with Crippen LogP contribution in [0.4, 0.5) is 0 Å². The fourth-order valence-electron chi connectivity index (χ4n) is 4.02. The van der Waals surface area contributed by atoms with Crippen molar-refractivity contribution < 1.29 is 4.79 Å². The predicted molar refractivity (Wildman–Crippen MR) is 69.6 cm³/mol. The van der Waals surface area contributed by atoms with Crippen LogP contribution in [0.15, 0.2) is 23.8 Å². The Bertz CT molecular complexity index is 377. The fraction of sp³-hybridized carbons (Fsp3) is 0.688. The standard InChI is InChI=1S/C16H22O/c1-11-6-7-15-14(8-11)10-12-4-2-3-5-13(9-12)16(15)17/h2-4,11,13-15H,5-10H2,1H3. The largest absolute Gasteiger partial charge is 0.299 e. The Labute approximate surface area is 104 Å². The lowest BCUT2D eigenvalue weighted by molar-refractivity contribution is -0.129. The summed E-state index contributed by atoms with van der Waals surface area (Å²) in [5, 5.41) is 0. The Morgan fingerprint density at radius 1 is 1.24 bits per heavy atom. The van der Waals surface area contributed by atoms with Gasteiger partial charge in [0, 0.05) is 11.8 Å². The molecule has 17 heavy (non-hydrogen) atoms. The molecule has 3 aliphatic carbocycles. The van der Waals surface area contributed by atoms with E-state index in [1.54, 1.807) is 0 Å². The lowest BCUT2D eigenvalue weighted by atomic mass is 9.70. The van der Waals surface area contributed by atoms with Crippen molar-refractivity contribution in [2.24, 2.45) is 23.7 Å². The first-order valence-electron chi connectivity index (χ1n) is 7.12. The summed E-state index contributed by atoms with van der Waals surface area (Å²) in [6.45, 7) is 2.35. The first-order chi connectivity index (χ1) is 8.24. The number of allylic oxidation sites excluding steroid dienone is 4. The normalized spacial score (nSPS) is 41.2. The van der Waals surface area contributed by atoms with E-state index in [2.05, 4.69) is 25.2 Å². The molecule has 0 aromatic heterocycles. The summed E-state index contributed by atoms with van der Waals surface area (Å²) in [5.41, 5.74) is 1.53. The molecule has 0 aliphatic heterocycles. The summed E-state index contributed by atoms with van der Waals surface area (Å²) in [7, 11) is 0. The molecule has 4 atom stereocenters. The minimum atomic E-state index is 0.295. The zero-order valence-corrected chi connectivity index (χ0v) is 10.7. The molecule has 1 nitrogen and oxygen atoms in total. The highest BCUT2D eigenvalue weighted by Crippen LogP contribution is 2.44. The quantitative estimate of drug-likeness (QED) is 0.616. The molecule has 0 amide bonds. The predicted octanol–water partition coefficient (Wildman–Crippen LogP) is 3.90. The highest BCUT2D eigenvalue weighted by molar-refractivity contribution is 5.85. The smallest absolute Gasteiger partial charge is 0.139 e. The number of fused-ring (bicyclic) bond motifs is 3. The van der Waals surface area contributed by atoms with Crippen molar-refractivity contribution in [3.8, 4) is 0 Å². The molecule has 92 valence electrons. The molecule has 0 heterocycles. The molecule has 2 fully saturated rings. The lowest BCUT2D eigenvalue weighted by Gasteiger charge is -2.33. The van der Waals surface area contributed by atoms with Gasteiger partial charge in [0.15, 0.2) is 0 Å². The molecule has 1 heteroatoms. The summed E-state index contributed by atoms with van der Waals surface area (Å²) >= 11 is 0. The fourth-order valence-corrected chi connectivity index (χ4v) is 4.02. The molecular weight excluding hydrogens is 208 g/mol. The Kier molecular flexibility index (Phi) is 2.94. The van der Waals surface area contributed by atoms with Crippen LogP contribution in [0.25, 0.3) is 0 Å². The van der Waals surface area contributed by atoms with Gasteiger partial charge in [-0.05, 0) is 43.9 Å². The van der Waals surface area contributed by atoms with Crippen LogP contribution in [-0.4, -0.2) is 5.78 Å². The molecule has 3 rings (SSSR count). The maximum absolute atomic E-state index is 12.6. The number of hydrogen-bond donors (Lipinski definition) is 0. The van der Waals surface area contributed by atoms with Crippen LogP contribution in [-0.2, 0) is 4.79 Å². The van der Waals surface area contributed by atoms with Gasteiger partial charge in [-0.15, -0.1) is 0 Å². The van der Waals surface area contributed by atoms with Gasteiger partial charge in [-0.3, -0.25) is 4.79 Å². The molecule has 4 unspecified atom stereocenters. The maximum atomic E-state index is 12.6. The Morgan fingerprint density at radius 2 is 2.12 bits per heavy atom. The minimum absolute atomic E-state index is 0.295. The summed E-state index contributed by atoms with van der Waals surface area (Å²) in [5.74, 6) is 2.73. The average Bonchev–Trinajstić information content (AvgIpc) is 2.60. The van der Waals surface area contributed by atoms with Crippen molar-refractivity contribution in [1.29, 1.82) is 0 Å². The molecule has 3 aliphatic rings. The van der Waals surface area contributed by atoms with E-state index < -0.39 is 0 Å². The third-order valence-corrected chi connectivity index (χ3v) is 4.93. The van der Waals surface area contributed by atoms with Crippen LogP contribution in [0.5, 0.6) is 0 Å². The number of carbonyl (C=O) groups excluding carboxylic acids is 1. The molecule has 0 saturated heterocycles. The second-order valence-corrected chi connectivity index (χ2v) is 6.28. The highest BCUT2D eigenvalue weighted by Gasteiger charge is 2.39. The number of hydrogen-bond acceptors (Lipinski definition) is 1. The number of ketones is 1. The van der Waals surface area contributed by atoms with Gasteiger partial charge < -0.3 is 0 Å². The number of carbonyl (C=O) groups is 1. The zero-order chi connectivity index (χ0) is 11.8. The molecule has 0 aromatic rings. The summed E-state index contributed by atoms with van der Waals surface area (Å²) in [6.07, 6.45) is 13.5. The summed E-state index contributed by atoms with van der Waals surface area (Å²) in [6, 6.07) is 0. The van der Waals surface area contributed by atoms with E-state index in [1.165, 1.54) is 24.8 Å². The van der Waals surface area contributed by atoms with E-state index in [0.29, 0.717) is 23.5 Å². The van der Waals surface area contributed by atoms with Crippen molar-refractivity contribution in [1.82, 2.24) is 0 Å². The van der Waals surface area contributed by atoms with Crippen molar-refractivity contribution in [2.75, 3.05) is 0 Å². The molecule has 0 N–H and O–H groups in total. The zero-order valence-electron chi connectivity index (χ0n) is 10.7. The van der Waals surface area contributed by atoms with E-state index in [0.717, 1.165) is 25.2 Å². The molecule has 2 saturated carbocycles. The maximum Gasteiger partial charge on any atom is 0.139 e. The topological polar surface area (TPSA) is 17.1 Å². The second-order valence-electron chi connectivity index (χ2n) is 6.28. The number of rotatable bonds is 0.